The molecule has 1 aromatic carbocycles. The van der Waals surface area contributed by atoms with Crippen LogP contribution in [0.4, 0.5) is 0 Å². The summed E-state index contributed by atoms with van der Waals surface area (Å²) in [4.78, 5) is 23.8. The van der Waals surface area contributed by atoms with Crippen molar-refractivity contribution >= 4 is 11.9 Å². The van der Waals surface area contributed by atoms with Gasteiger partial charge in [-0.1, -0.05) is 26.8 Å². The van der Waals surface area contributed by atoms with Crippen LogP contribution >= 0.6 is 0 Å². The van der Waals surface area contributed by atoms with Gasteiger partial charge in [-0.3, -0.25) is 9.59 Å². The predicted octanol–water partition coefficient (Wildman–Crippen LogP) is 2.04. The maximum Gasteiger partial charge on any atom is 0.324 e. The van der Waals surface area contributed by atoms with Gasteiger partial charge in [0.2, 0.25) is 0 Å². The number of carboxylic acid groups (broad SMARTS) is 1. The number of phenols is 2. The molecule has 0 heterocycles. The molecule has 1 unspecified atom stereocenters. The van der Waals surface area contributed by atoms with Gasteiger partial charge in [-0.15, -0.1) is 0 Å². The van der Waals surface area contributed by atoms with Gasteiger partial charge in [0.1, 0.15) is 11.6 Å². The summed E-state index contributed by atoms with van der Waals surface area (Å²) in [6, 6.07) is 4.02. The number of phenolic OH excluding ortho intramolecular Hbond substituents is 2. The predicted molar refractivity (Wildman–Crippen MR) is 92.2 cm³/mol. The number of rotatable bonds is 8. The molecule has 140 valence electrons. The number of hydrogen-bond donors (Lipinski definition) is 4. The van der Waals surface area contributed by atoms with Gasteiger partial charge in [0, 0.05) is 12.3 Å². The summed E-state index contributed by atoms with van der Waals surface area (Å²) in [5, 5.41) is 28.6. The van der Waals surface area contributed by atoms with Crippen molar-refractivity contribution in [3.63, 3.8) is 0 Å². The van der Waals surface area contributed by atoms with Crippen molar-refractivity contribution in [3.8, 4) is 11.5 Å². The summed E-state index contributed by atoms with van der Waals surface area (Å²) in [6.45, 7) is 6.83. The van der Waals surface area contributed by atoms with Crippen LogP contribution in [-0.2, 0) is 20.7 Å². The summed E-state index contributed by atoms with van der Waals surface area (Å²) >= 11 is 0. The van der Waals surface area contributed by atoms with Crippen LogP contribution in [-0.4, -0.2) is 38.9 Å². The number of carbonyl (C=O) groups excluding carboxylic acids is 1. The van der Waals surface area contributed by atoms with Gasteiger partial charge < -0.3 is 25.8 Å². The molecule has 0 bridgehead atoms. The van der Waals surface area contributed by atoms with Crippen molar-refractivity contribution in [2.24, 2.45) is 17.6 Å². The van der Waals surface area contributed by atoms with E-state index in [9.17, 15) is 24.9 Å². The molecule has 0 aliphatic carbocycles. The zero-order chi connectivity index (χ0) is 19.4. The highest BCUT2D eigenvalue weighted by Crippen LogP contribution is 2.30. The van der Waals surface area contributed by atoms with Crippen LogP contribution < -0.4 is 5.73 Å². The Balaban J connectivity index is 3.00. The third kappa shape index (κ3) is 4.85. The Morgan fingerprint density at radius 3 is 2.28 bits per heavy atom. The summed E-state index contributed by atoms with van der Waals surface area (Å²) < 4.78 is 5.37. The lowest BCUT2D eigenvalue weighted by Crippen LogP contribution is -2.58. The SMILES string of the molecule is CCC(C)C(=O)O[C@H](C)[C@@H](C)[C@](N)(Cc1ccc(O)c(O)c1)C(=O)O. The first kappa shape index (κ1) is 20.8. The van der Waals surface area contributed by atoms with Crippen molar-refractivity contribution in [2.45, 2.75) is 52.2 Å². The molecule has 5 N–H and O–H groups in total. The molecule has 0 aliphatic rings. The van der Waals surface area contributed by atoms with Crippen LogP contribution in [0.2, 0.25) is 0 Å². The molecular weight excluding hydrogens is 326 g/mol. The maximum absolute atomic E-state index is 12.0. The van der Waals surface area contributed by atoms with Crippen LogP contribution in [0, 0.1) is 11.8 Å². The molecule has 25 heavy (non-hydrogen) atoms. The zero-order valence-corrected chi connectivity index (χ0v) is 15.0. The Morgan fingerprint density at radius 2 is 1.80 bits per heavy atom. The van der Waals surface area contributed by atoms with E-state index in [2.05, 4.69) is 0 Å². The molecule has 0 saturated carbocycles. The molecule has 7 heteroatoms. The number of aliphatic carboxylic acids is 1. The minimum atomic E-state index is -1.71. The standard InChI is InChI=1S/C18H27NO6/c1-5-10(2)16(22)25-12(4)11(3)18(19,17(23)24)9-13-6-7-14(20)15(21)8-13/h6-8,10-12,20-21H,5,9,19H2,1-4H3,(H,23,24)/t10?,11-,12-,18-/m1/s1. The first-order valence-corrected chi connectivity index (χ1v) is 8.26. The lowest BCUT2D eigenvalue weighted by molar-refractivity contribution is -0.160. The number of esters is 1. The Kier molecular flexibility index (Phi) is 6.81. The Hall–Kier alpha value is -2.28. The van der Waals surface area contributed by atoms with Gasteiger partial charge in [0.25, 0.3) is 0 Å². The smallest absolute Gasteiger partial charge is 0.324 e. The first-order chi connectivity index (χ1) is 11.5. The fourth-order valence-corrected chi connectivity index (χ4v) is 2.44. The minimum Gasteiger partial charge on any atom is -0.504 e. The molecule has 0 aromatic heterocycles. The molecule has 1 aromatic rings. The molecule has 0 radical (unpaired) electrons. The van der Waals surface area contributed by atoms with Crippen LogP contribution in [0.5, 0.6) is 11.5 Å². The average molecular weight is 353 g/mol. The van der Waals surface area contributed by atoms with Crippen molar-refractivity contribution < 1.29 is 29.6 Å². The van der Waals surface area contributed by atoms with Gasteiger partial charge in [-0.2, -0.15) is 0 Å². The summed E-state index contributed by atoms with van der Waals surface area (Å²) in [7, 11) is 0. The second kappa shape index (κ2) is 8.20. The van der Waals surface area contributed by atoms with Crippen LogP contribution in [0.1, 0.15) is 39.7 Å². The van der Waals surface area contributed by atoms with Crippen molar-refractivity contribution in [3.05, 3.63) is 23.8 Å². The van der Waals surface area contributed by atoms with Crippen LogP contribution in [0.25, 0.3) is 0 Å². The zero-order valence-electron chi connectivity index (χ0n) is 15.0. The molecule has 0 saturated heterocycles. The molecule has 1 rings (SSSR count). The molecule has 7 nitrogen and oxygen atoms in total. The maximum atomic E-state index is 12.0. The Bertz CT molecular complexity index is 632. The van der Waals surface area contributed by atoms with Crippen molar-refractivity contribution in [2.75, 3.05) is 0 Å². The largest absolute Gasteiger partial charge is 0.504 e. The van der Waals surface area contributed by atoms with E-state index in [1.54, 1.807) is 20.8 Å². The van der Waals surface area contributed by atoms with E-state index < -0.39 is 29.5 Å². The summed E-state index contributed by atoms with van der Waals surface area (Å²) in [5.41, 5.74) is 4.90. The fraction of sp³-hybridized carbons (Fsp3) is 0.556. The monoisotopic (exact) mass is 353 g/mol. The highest BCUT2D eigenvalue weighted by molar-refractivity contribution is 5.80. The van der Waals surface area contributed by atoms with E-state index in [1.165, 1.54) is 18.2 Å². The molecular formula is C18H27NO6. The quantitative estimate of drug-likeness (QED) is 0.415. The van der Waals surface area contributed by atoms with Gasteiger partial charge in [0.15, 0.2) is 11.5 Å². The molecule has 0 aliphatic heterocycles. The molecule has 0 spiro atoms. The van der Waals surface area contributed by atoms with Gasteiger partial charge in [-0.25, -0.2) is 0 Å². The van der Waals surface area contributed by atoms with E-state index in [0.717, 1.165) is 0 Å². The van der Waals surface area contributed by atoms with Crippen molar-refractivity contribution in [1.82, 2.24) is 0 Å². The lowest BCUT2D eigenvalue weighted by Gasteiger charge is -2.35. The first-order valence-electron chi connectivity index (χ1n) is 8.26. The van der Waals surface area contributed by atoms with Gasteiger partial charge >= 0.3 is 11.9 Å². The average Bonchev–Trinajstić information content (AvgIpc) is 2.56. The summed E-state index contributed by atoms with van der Waals surface area (Å²) in [6.07, 6.45) is -0.171. The minimum absolute atomic E-state index is 0.0947. The fourth-order valence-electron chi connectivity index (χ4n) is 2.44. The number of benzene rings is 1. The Labute approximate surface area is 147 Å². The number of nitrogens with two attached hydrogens (primary N) is 1. The van der Waals surface area contributed by atoms with Gasteiger partial charge in [0.05, 0.1) is 5.92 Å². The molecule has 0 fully saturated rings. The summed E-state index contributed by atoms with van der Waals surface area (Å²) in [5.74, 6) is -3.25. The number of carbonyl (C=O) groups is 2. The van der Waals surface area contributed by atoms with E-state index in [-0.39, 0.29) is 23.8 Å². The molecule has 0 amide bonds. The topological polar surface area (TPSA) is 130 Å². The third-order valence-electron chi connectivity index (χ3n) is 4.77. The van der Waals surface area contributed by atoms with E-state index in [4.69, 9.17) is 10.5 Å². The number of carboxylic acids is 1. The van der Waals surface area contributed by atoms with Crippen molar-refractivity contribution in [1.29, 1.82) is 0 Å². The van der Waals surface area contributed by atoms with Crippen LogP contribution in [0.15, 0.2) is 18.2 Å². The highest BCUT2D eigenvalue weighted by Gasteiger charge is 2.44. The molecule has 4 atom stereocenters. The van der Waals surface area contributed by atoms with Gasteiger partial charge in [-0.05, 0) is 31.0 Å². The van der Waals surface area contributed by atoms with E-state index in [1.807, 2.05) is 6.92 Å². The van der Waals surface area contributed by atoms with E-state index >= 15 is 0 Å². The highest BCUT2D eigenvalue weighted by atomic mass is 16.5. The second-order valence-corrected chi connectivity index (χ2v) is 6.59. The van der Waals surface area contributed by atoms with E-state index in [0.29, 0.717) is 12.0 Å². The Morgan fingerprint density at radius 1 is 1.20 bits per heavy atom. The number of hydrogen-bond acceptors (Lipinski definition) is 6. The number of aromatic hydroxyl groups is 2. The number of ether oxygens (including phenoxy) is 1. The lowest BCUT2D eigenvalue weighted by atomic mass is 9.78. The third-order valence-corrected chi connectivity index (χ3v) is 4.77. The normalized spacial score (nSPS) is 17.2. The van der Waals surface area contributed by atoms with Crippen LogP contribution in [0.3, 0.4) is 0 Å². The second-order valence-electron chi connectivity index (χ2n) is 6.59.